The summed E-state index contributed by atoms with van der Waals surface area (Å²) in [6.45, 7) is 2.61. The van der Waals surface area contributed by atoms with Crippen LogP contribution in [0.3, 0.4) is 0 Å². The molecule has 1 N–H and O–H groups in total. The molecule has 1 aromatic heterocycles. The number of rotatable bonds is 6. The normalized spacial score (nSPS) is 27.8. The average molecular weight is 485 g/mol. The molecule has 1 aromatic carbocycles. The highest BCUT2D eigenvalue weighted by atomic mass is 32.2. The number of benzene rings is 1. The molecule has 0 aliphatic heterocycles. The van der Waals surface area contributed by atoms with Gasteiger partial charge >= 0.3 is 0 Å². The van der Waals surface area contributed by atoms with Crippen molar-refractivity contribution >= 4 is 38.1 Å². The van der Waals surface area contributed by atoms with Crippen LogP contribution in [0, 0.1) is 41.4 Å². The van der Waals surface area contributed by atoms with E-state index in [2.05, 4.69) is 16.0 Å². The first-order valence-corrected chi connectivity index (χ1v) is 14.1. The van der Waals surface area contributed by atoms with E-state index in [0.29, 0.717) is 15.6 Å². The number of carbonyl (C=O) groups excluding carboxylic acids is 1. The number of carbonyl (C=O) groups is 1. The molecule has 0 atom stereocenters. The first-order valence-electron chi connectivity index (χ1n) is 11.4. The molecule has 0 unspecified atom stereocenters. The van der Waals surface area contributed by atoms with Gasteiger partial charge in [0.15, 0.2) is 5.13 Å². The molecule has 0 radical (unpaired) electrons. The lowest BCUT2D eigenvalue weighted by Crippen LogP contribution is -2.50. The first kappa shape index (κ1) is 22.4. The van der Waals surface area contributed by atoms with E-state index >= 15 is 0 Å². The van der Waals surface area contributed by atoms with Gasteiger partial charge in [-0.3, -0.25) is 4.79 Å². The highest BCUT2D eigenvalue weighted by molar-refractivity contribution is 7.89. The summed E-state index contributed by atoms with van der Waals surface area (Å²) in [5.41, 5.74) is 1.91. The highest BCUT2D eigenvalue weighted by Gasteiger charge is 2.51. The van der Waals surface area contributed by atoms with Crippen molar-refractivity contribution in [3.63, 3.8) is 0 Å². The van der Waals surface area contributed by atoms with Gasteiger partial charge in [0, 0.05) is 17.1 Å². The summed E-state index contributed by atoms with van der Waals surface area (Å²) in [6.07, 6.45) is 8.75. The number of thiazole rings is 1. The molecule has 7 nitrogen and oxygen atoms in total. The predicted molar refractivity (Wildman–Crippen MR) is 128 cm³/mol. The van der Waals surface area contributed by atoms with Crippen LogP contribution in [0.5, 0.6) is 0 Å². The fraction of sp³-hybridized carbons (Fsp3) is 0.542. The van der Waals surface area contributed by atoms with Crippen molar-refractivity contribution in [2.75, 3.05) is 17.7 Å². The van der Waals surface area contributed by atoms with Crippen LogP contribution >= 0.6 is 11.3 Å². The van der Waals surface area contributed by atoms with Gasteiger partial charge in [0.2, 0.25) is 10.0 Å². The Morgan fingerprint density at radius 3 is 2.27 bits per heavy atom. The summed E-state index contributed by atoms with van der Waals surface area (Å²) >= 11 is 1.40. The second-order valence-corrected chi connectivity index (χ2v) is 13.2. The Balaban J connectivity index is 1.50. The van der Waals surface area contributed by atoms with Crippen LogP contribution in [0.15, 0.2) is 24.3 Å². The zero-order valence-corrected chi connectivity index (χ0v) is 20.5. The summed E-state index contributed by atoms with van der Waals surface area (Å²) in [5.74, 6) is 1.74. The standard InChI is InChI=1S/C24H28N4O3S2/c1-15-21(22(29)27-33(2,30)31)26-23(32-15)28(20-5-3-16(13-25)4-6-20)14-24-10-17-7-18(11-24)9-19(8-17)12-24/h3-6,17-19H,7-12,14H2,1-2H3,(H,27,29). The number of hydrogen-bond acceptors (Lipinski definition) is 7. The molecule has 2 aromatic rings. The van der Waals surface area contributed by atoms with Gasteiger partial charge in [-0.2, -0.15) is 5.26 Å². The number of aryl methyl sites for hydroxylation is 1. The largest absolute Gasteiger partial charge is 0.317 e. The smallest absolute Gasteiger partial charge is 0.284 e. The third kappa shape index (κ3) is 4.51. The Morgan fingerprint density at radius 2 is 1.76 bits per heavy atom. The lowest BCUT2D eigenvalue weighted by Gasteiger charge is -2.57. The Kier molecular flexibility index (Phi) is 5.49. The van der Waals surface area contributed by atoms with E-state index in [-0.39, 0.29) is 11.1 Å². The number of anilines is 2. The molecule has 4 fully saturated rings. The van der Waals surface area contributed by atoms with Crippen molar-refractivity contribution in [1.29, 1.82) is 5.26 Å². The topological polar surface area (TPSA) is 103 Å². The van der Waals surface area contributed by atoms with E-state index in [1.54, 1.807) is 19.1 Å². The van der Waals surface area contributed by atoms with Crippen LogP contribution in [0.1, 0.15) is 59.5 Å². The monoisotopic (exact) mass is 484 g/mol. The molecule has 33 heavy (non-hydrogen) atoms. The second-order valence-electron chi connectivity index (χ2n) is 10.3. The number of sulfonamides is 1. The highest BCUT2D eigenvalue weighted by Crippen LogP contribution is 2.60. The zero-order chi connectivity index (χ0) is 23.4. The second kappa shape index (κ2) is 8.10. The summed E-state index contributed by atoms with van der Waals surface area (Å²) in [4.78, 5) is 20.0. The maximum atomic E-state index is 12.5. The van der Waals surface area contributed by atoms with E-state index in [9.17, 15) is 18.5 Å². The molecule has 6 rings (SSSR count). The Hall–Kier alpha value is -2.44. The molecule has 4 aliphatic carbocycles. The molecular formula is C24H28N4O3S2. The first-order chi connectivity index (χ1) is 15.6. The third-order valence-corrected chi connectivity index (χ3v) is 9.03. The number of amides is 1. The van der Waals surface area contributed by atoms with Crippen molar-refractivity contribution in [3.05, 3.63) is 40.4 Å². The van der Waals surface area contributed by atoms with Crippen molar-refractivity contribution in [3.8, 4) is 6.07 Å². The number of aromatic nitrogens is 1. The van der Waals surface area contributed by atoms with Gasteiger partial charge in [0.25, 0.3) is 5.91 Å². The van der Waals surface area contributed by atoms with Crippen LogP contribution in [0.2, 0.25) is 0 Å². The molecule has 4 aliphatic rings. The molecule has 0 saturated heterocycles. The van der Waals surface area contributed by atoms with Gasteiger partial charge in [0.1, 0.15) is 5.69 Å². The maximum Gasteiger partial charge on any atom is 0.284 e. The Bertz CT molecular complexity index is 1190. The van der Waals surface area contributed by atoms with Gasteiger partial charge in [-0.15, -0.1) is 11.3 Å². The number of nitrogens with zero attached hydrogens (tertiary/aromatic N) is 3. The summed E-state index contributed by atoms with van der Waals surface area (Å²) in [5, 5.41) is 9.91. The number of hydrogen-bond donors (Lipinski definition) is 1. The van der Waals surface area contributed by atoms with Gasteiger partial charge < -0.3 is 4.90 Å². The fourth-order valence-corrected chi connectivity index (χ4v) is 8.09. The molecular weight excluding hydrogens is 456 g/mol. The molecule has 4 saturated carbocycles. The van der Waals surface area contributed by atoms with Crippen molar-refractivity contribution in [2.45, 2.75) is 45.4 Å². The zero-order valence-electron chi connectivity index (χ0n) is 18.9. The maximum absolute atomic E-state index is 12.5. The number of nitriles is 1. The summed E-state index contributed by atoms with van der Waals surface area (Å²) in [6, 6.07) is 9.65. The Morgan fingerprint density at radius 1 is 1.18 bits per heavy atom. The third-order valence-electron chi connectivity index (χ3n) is 7.48. The van der Waals surface area contributed by atoms with Gasteiger partial charge in [-0.1, -0.05) is 0 Å². The fourth-order valence-electron chi connectivity index (χ4n) is 6.73. The number of nitrogens with one attached hydrogen (secondary N) is 1. The molecule has 1 amide bonds. The minimum absolute atomic E-state index is 0.143. The van der Waals surface area contributed by atoms with Crippen molar-refractivity contribution in [1.82, 2.24) is 9.71 Å². The Labute approximate surface area is 198 Å². The summed E-state index contributed by atoms with van der Waals surface area (Å²) < 4.78 is 25.2. The molecule has 4 bridgehead atoms. The van der Waals surface area contributed by atoms with Gasteiger partial charge in [0.05, 0.1) is 17.9 Å². The van der Waals surface area contributed by atoms with Gasteiger partial charge in [-0.05, 0) is 92.9 Å². The van der Waals surface area contributed by atoms with E-state index in [4.69, 9.17) is 0 Å². The van der Waals surface area contributed by atoms with Crippen LogP contribution < -0.4 is 9.62 Å². The van der Waals surface area contributed by atoms with E-state index in [1.165, 1.54) is 49.9 Å². The minimum Gasteiger partial charge on any atom is -0.317 e. The average Bonchev–Trinajstić information content (AvgIpc) is 3.11. The van der Waals surface area contributed by atoms with Crippen LogP contribution in [-0.2, 0) is 10.0 Å². The molecule has 9 heteroatoms. The van der Waals surface area contributed by atoms with Crippen molar-refractivity contribution < 1.29 is 13.2 Å². The molecule has 0 spiro atoms. The van der Waals surface area contributed by atoms with Crippen LogP contribution in [0.4, 0.5) is 10.8 Å². The van der Waals surface area contributed by atoms with E-state index in [1.807, 2.05) is 16.9 Å². The summed E-state index contributed by atoms with van der Waals surface area (Å²) in [7, 11) is -3.67. The minimum atomic E-state index is -3.67. The van der Waals surface area contributed by atoms with E-state index in [0.717, 1.165) is 36.2 Å². The van der Waals surface area contributed by atoms with Crippen LogP contribution in [-0.4, -0.2) is 32.1 Å². The van der Waals surface area contributed by atoms with E-state index < -0.39 is 15.9 Å². The quantitative estimate of drug-likeness (QED) is 0.653. The lowest BCUT2D eigenvalue weighted by molar-refractivity contribution is -0.0466. The van der Waals surface area contributed by atoms with Crippen LogP contribution in [0.25, 0.3) is 0 Å². The molecule has 1 heterocycles. The SMILES string of the molecule is Cc1sc(N(CC23CC4CC(CC(C4)C2)C3)c2ccc(C#N)cc2)nc1C(=O)NS(C)(=O)=O. The lowest BCUT2D eigenvalue weighted by atomic mass is 9.49. The van der Waals surface area contributed by atoms with Crippen molar-refractivity contribution in [2.24, 2.45) is 23.2 Å². The molecule has 174 valence electrons. The predicted octanol–water partition coefficient (Wildman–Crippen LogP) is 4.37. The van der Waals surface area contributed by atoms with Gasteiger partial charge in [-0.25, -0.2) is 18.1 Å².